The number of hydrogen-bond donors (Lipinski definition) is 1. The summed E-state index contributed by atoms with van der Waals surface area (Å²) in [6.07, 6.45) is 5.15. The number of unbranched alkanes of at least 4 members (excludes halogenated alkanes) is 3. The number of anilines is 1. The second kappa shape index (κ2) is 9.39. The maximum absolute atomic E-state index is 12.8. The maximum Gasteiger partial charge on any atom is 0.245 e. The lowest BCUT2D eigenvalue weighted by Gasteiger charge is -2.24. The Kier molecular flexibility index (Phi) is 6.67. The first-order valence-corrected chi connectivity index (χ1v) is 9.63. The van der Waals surface area contributed by atoms with Crippen molar-refractivity contribution in [3.05, 3.63) is 66.2 Å². The van der Waals surface area contributed by atoms with Gasteiger partial charge >= 0.3 is 0 Å². The second-order valence-electron chi connectivity index (χ2n) is 6.77. The zero-order valence-corrected chi connectivity index (χ0v) is 15.4. The molecular weight excluding hydrogens is 324 g/mol. The summed E-state index contributed by atoms with van der Waals surface area (Å²) in [4.78, 5) is 19.0. The van der Waals surface area contributed by atoms with Gasteiger partial charge in [-0.2, -0.15) is 0 Å². The monoisotopic (exact) mass is 352 g/mol. The van der Waals surface area contributed by atoms with E-state index in [2.05, 4.69) is 24.4 Å². The number of carbonyl (C=O) groups excluding carboxylic acids is 1. The van der Waals surface area contributed by atoms with Crippen LogP contribution in [-0.4, -0.2) is 18.5 Å². The number of carbonyl (C=O) groups is 1. The molecule has 1 aliphatic heterocycles. The highest BCUT2D eigenvalue weighted by atomic mass is 16.7. The van der Waals surface area contributed by atoms with E-state index in [9.17, 15) is 4.79 Å². The van der Waals surface area contributed by atoms with Crippen LogP contribution in [0.25, 0.3) is 0 Å². The van der Waals surface area contributed by atoms with Crippen molar-refractivity contribution in [1.29, 1.82) is 0 Å². The van der Waals surface area contributed by atoms with Crippen LogP contribution in [0.4, 0.5) is 5.69 Å². The molecule has 1 amide bonds. The molecule has 0 spiro atoms. The Hall–Kier alpha value is -2.33. The van der Waals surface area contributed by atoms with Gasteiger partial charge in [0, 0.05) is 13.0 Å². The molecule has 26 heavy (non-hydrogen) atoms. The van der Waals surface area contributed by atoms with Crippen LogP contribution < -0.4 is 10.4 Å². The Balaban J connectivity index is 1.69. The molecule has 0 aromatic heterocycles. The number of rotatable bonds is 8. The van der Waals surface area contributed by atoms with Crippen molar-refractivity contribution in [3.63, 3.8) is 0 Å². The van der Waals surface area contributed by atoms with E-state index in [0.717, 1.165) is 30.6 Å². The summed E-state index contributed by atoms with van der Waals surface area (Å²) in [6.45, 7) is 2.92. The molecule has 1 heterocycles. The molecule has 2 unspecified atom stereocenters. The Bertz CT molecular complexity index is 675. The van der Waals surface area contributed by atoms with Crippen molar-refractivity contribution in [3.8, 4) is 0 Å². The molecule has 1 fully saturated rings. The van der Waals surface area contributed by atoms with Gasteiger partial charge in [0.15, 0.2) is 0 Å². The van der Waals surface area contributed by atoms with Crippen LogP contribution in [0.5, 0.6) is 0 Å². The van der Waals surface area contributed by atoms with E-state index in [1.165, 1.54) is 12.8 Å². The smallest absolute Gasteiger partial charge is 0.245 e. The molecule has 2 aromatic carbocycles. The van der Waals surface area contributed by atoms with E-state index < -0.39 is 0 Å². The fraction of sp³-hybridized carbons (Fsp3) is 0.409. The molecule has 2 aromatic rings. The second-order valence-corrected chi connectivity index (χ2v) is 6.77. The van der Waals surface area contributed by atoms with Gasteiger partial charge in [-0.25, -0.2) is 5.06 Å². The van der Waals surface area contributed by atoms with E-state index in [-0.39, 0.29) is 18.1 Å². The van der Waals surface area contributed by atoms with Crippen LogP contribution in [-0.2, 0) is 9.63 Å². The zero-order valence-electron chi connectivity index (χ0n) is 15.4. The molecule has 0 saturated carbocycles. The average molecular weight is 352 g/mol. The molecule has 1 aliphatic rings. The van der Waals surface area contributed by atoms with Crippen molar-refractivity contribution in [2.75, 3.05) is 11.6 Å². The van der Waals surface area contributed by atoms with E-state index >= 15 is 0 Å². The summed E-state index contributed by atoms with van der Waals surface area (Å²) in [5, 5.41) is 4.87. The lowest BCUT2D eigenvalue weighted by Crippen LogP contribution is -2.43. The average Bonchev–Trinajstić information content (AvgIpc) is 3.15. The molecule has 4 nitrogen and oxygen atoms in total. The summed E-state index contributed by atoms with van der Waals surface area (Å²) >= 11 is 0. The van der Waals surface area contributed by atoms with Crippen LogP contribution in [0, 0.1) is 0 Å². The highest BCUT2D eigenvalue weighted by Gasteiger charge is 2.39. The molecule has 4 heteroatoms. The van der Waals surface area contributed by atoms with Gasteiger partial charge in [0.25, 0.3) is 0 Å². The summed E-state index contributed by atoms with van der Waals surface area (Å²) in [5.74, 6) is 0.0452. The number of amides is 1. The summed E-state index contributed by atoms with van der Waals surface area (Å²) < 4.78 is 0. The van der Waals surface area contributed by atoms with E-state index in [1.54, 1.807) is 5.06 Å². The first kappa shape index (κ1) is 18.5. The van der Waals surface area contributed by atoms with Crippen LogP contribution in [0.1, 0.15) is 50.7 Å². The fourth-order valence-corrected chi connectivity index (χ4v) is 3.33. The molecule has 0 radical (unpaired) electrons. The molecule has 0 aliphatic carbocycles. The van der Waals surface area contributed by atoms with Crippen molar-refractivity contribution < 1.29 is 9.63 Å². The Morgan fingerprint density at radius 2 is 1.73 bits per heavy atom. The normalized spacial score (nSPS) is 19.5. The quantitative estimate of drug-likeness (QED) is 0.704. The molecular formula is C22H28N2O2. The third-order valence-corrected chi connectivity index (χ3v) is 4.78. The number of hydroxylamine groups is 1. The van der Waals surface area contributed by atoms with Crippen molar-refractivity contribution in [2.45, 2.75) is 51.2 Å². The van der Waals surface area contributed by atoms with Gasteiger partial charge in [-0.3, -0.25) is 9.63 Å². The first-order chi connectivity index (χ1) is 12.8. The van der Waals surface area contributed by atoms with Crippen molar-refractivity contribution >= 4 is 11.6 Å². The zero-order chi connectivity index (χ0) is 18.2. The summed E-state index contributed by atoms with van der Waals surface area (Å²) in [6, 6.07) is 19.7. The van der Waals surface area contributed by atoms with Crippen LogP contribution >= 0.6 is 0 Å². The van der Waals surface area contributed by atoms with Crippen molar-refractivity contribution in [1.82, 2.24) is 5.32 Å². The molecule has 2 atom stereocenters. The minimum atomic E-state index is -0.311. The van der Waals surface area contributed by atoms with Crippen LogP contribution in [0.15, 0.2) is 60.7 Å². The number of nitrogens with one attached hydrogen (secondary N) is 1. The first-order valence-electron chi connectivity index (χ1n) is 9.63. The number of hydrogen-bond acceptors (Lipinski definition) is 3. The predicted molar refractivity (Wildman–Crippen MR) is 105 cm³/mol. The minimum absolute atomic E-state index is 0.0452. The SMILES string of the molecule is CCCCCCNC(=O)C1CC(c2ccccc2)ON1c1ccccc1. The van der Waals surface area contributed by atoms with Gasteiger partial charge in [0.2, 0.25) is 5.91 Å². The number of benzene rings is 2. The third kappa shape index (κ3) is 4.64. The van der Waals surface area contributed by atoms with Crippen molar-refractivity contribution in [2.24, 2.45) is 0 Å². The van der Waals surface area contributed by atoms with E-state index in [4.69, 9.17) is 4.84 Å². The third-order valence-electron chi connectivity index (χ3n) is 4.78. The lowest BCUT2D eigenvalue weighted by molar-refractivity contribution is -0.122. The van der Waals surface area contributed by atoms with E-state index in [1.807, 2.05) is 48.5 Å². The Morgan fingerprint density at radius 3 is 2.42 bits per heavy atom. The van der Waals surface area contributed by atoms with E-state index in [0.29, 0.717) is 6.42 Å². The molecule has 138 valence electrons. The molecule has 3 rings (SSSR count). The highest BCUT2D eigenvalue weighted by molar-refractivity contribution is 5.85. The number of para-hydroxylation sites is 1. The van der Waals surface area contributed by atoms with Crippen LogP contribution in [0.2, 0.25) is 0 Å². The van der Waals surface area contributed by atoms with Gasteiger partial charge in [-0.1, -0.05) is 74.7 Å². The van der Waals surface area contributed by atoms with Gasteiger partial charge < -0.3 is 5.32 Å². The van der Waals surface area contributed by atoms with Crippen LogP contribution in [0.3, 0.4) is 0 Å². The maximum atomic E-state index is 12.8. The standard InChI is InChI=1S/C22H28N2O2/c1-2-3-4-11-16-23-22(25)20-17-21(18-12-7-5-8-13-18)26-24(20)19-14-9-6-10-15-19/h5-10,12-15,20-21H,2-4,11,16-17H2,1H3,(H,23,25). The van der Waals surface area contributed by atoms with Gasteiger partial charge in [-0.15, -0.1) is 0 Å². The predicted octanol–water partition coefficient (Wildman–Crippen LogP) is 4.63. The topological polar surface area (TPSA) is 41.6 Å². The minimum Gasteiger partial charge on any atom is -0.354 e. The lowest BCUT2D eigenvalue weighted by atomic mass is 10.0. The Labute approximate surface area is 156 Å². The van der Waals surface area contributed by atoms with Gasteiger partial charge in [0.1, 0.15) is 12.1 Å². The summed E-state index contributed by atoms with van der Waals surface area (Å²) in [5.41, 5.74) is 2.02. The molecule has 0 bridgehead atoms. The largest absolute Gasteiger partial charge is 0.354 e. The molecule has 1 N–H and O–H groups in total. The highest BCUT2D eigenvalue weighted by Crippen LogP contribution is 2.36. The van der Waals surface area contributed by atoms with Gasteiger partial charge in [0.05, 0.1) is 5.69 Å². The Morgan fingerprint density at radius 1 is 1.04 bits per heavy atom. The number of nitrogens with zero attached hydrogens (tertiary/aromatic N) is 1. The summed E-state index contributed by atoms with van der Waals surface area (Å²) in [7, 11) is 0. The molecule has 1 saturated heterocycles. The van der Waals surface area contributed by atoms with Gasteiger partial charge in [-0.05, 0) is 24.1 Å². The fourth-order valence-electron chi connectivity index (χ4n) is 3.33.